The van der Waals surface area contributed by atoms with E-state index in [1.807, 2.05) is 72.8 Å². The highest BCUT2D eigenvalue weighted by atomic mass is 16.5. The Balaban J connectivity index is 1.88. The molecular weight excluding hydrogens is 338 g/mol. The van der Waals surface area contributed by atoms with Gasteiger partial charge in [-0.1, -0.05) is 42.5 Å². The highest BCUT2D eigenvalue weighted by molar-refractivity contribution is 5.82. The predicted octanol–water partition coefficient (Wildman–Crippen LogP) is 3.95. The number of nitrogens with zero attached hydrogens (tertiary/aromatic N) is 3. The van der Waals surface area contributed by atoms with Crippen LogP contribution < -0.4 is 10.3 Å². The smallest absolute Gasteiger partial charge is 0.282 e. The first-order chi connectivity index (χ1) is 13.3. The average molecular weight is 355 g/mol. The molecule has 0 aliphatic heterocycles. The maximum Gasteiger partial charge on any atom is 0.282 e. The normalized spacial score (nSPS) is 11.1. The van der Waals surface area contributed by atoms with E-state index in [2.05, 4.69) is 10.1 Å². The van der Waals surface area contributed by atoms with E-state index in [1.165, 1.54) is 4.68 Å². The van der Waals surface area contributed by atoms with Gasteiger partial charge in [0.1, 0.15) is 5.75 Å². The number of hydrogen-bond donors (Lipinski definition) is 0. The summed E-state index contributed by atoms with van der Waals surface area (Å²) in [7, 11) is 1.62. The van der Waals surface area contributed by atoms with Gasteiger partial charge in [-0.15, -0.1) is 0 Å². The summed E-state index contributed by atoms with van der Waals surface area (Å²) in [5.74, 6) is 1.27. The zero-order valence-electron chi connectivity index (χ0n) is 14.7. The summed E-state index contributed by atoms with van der Waals surface area (Å²) in [5.41, 5.74) is 2.13. The summed E-state index contributed by atoms with van der Waals surface area (Å²) in [4.78, 5) is 17.7. The fourth-order valence-electron chi connectivity index (χ4n) is 2.82. The topological polar surface area (TPSA) is 56.5 Å². The molecule has 5 nitrogen and oxygen atoms in total. The maximum atomic E-state index is 13.0. The molecule has 0 atom stereocenters. The molecule has 27 heavy (non-hydrogen) atoms. The molecule has 0 aliphatic carbocycles. The molecule has 0 radical (unpaired) electrons. The Morgan fingerprint density at radius 3 is 2.37 bits per heavy atom. The lowest BCUT2D eigenvalue weighted by molar-refractivity contribution is 0.415. The van der Waals surface area contributed by atoms with Gasteiger partial charge in [-0.2, -0.15) is 9.78 Å². The van der Waals surface area contributed by atoms with Crippen molar-refractivity contribution in [1.82, 2.24) is 9.66 Å². The van der Waals surface area contributed by atoms with Crippen LogP contribution in [0.4, 0.5) is 0 Å². The van der Waals surface area contributed by atoms with E-state index in [0.717, 1.165) is 16.9 Å². The molecule has 3 aromatic carbocycles. The minimum Gasteiger partial charge on any atom is -0.497 e. The second kappa shape index (κ2) is 7.25. The van der Waals surface area contributed by atoms with Gasteiger partial charge in [-0.25, -0.2) is 4.98 Å². The van der Waals surface area contributed by atoms with Crippen LogP contribution >= 0.6 is 0 Å². The number of aromatic nitrogens is 2. The van der Waals surface area contributed by atoms with Crippen LogP contribution in [0.25, 0.3) is 22.3 Å². The maximum absolute atomic E-state index is 13.0. The van der Waals surface area contributed by atoms with Gasteiger partial charge in [0.05, 0.1) is 24.2 Å². The third-order valence-electron chi connectivity index (χ3n) is 4.22. The summed E-state index contributed by atoms with van der Waals surface area (Å²) in [6.07, 6.45) is 1.64. The Morgan fingerprint density at radius 1 is 0.926 bits per heavy atom. The van der Waals surface area contributed by atoms with Crippen LogP contribution in [-0.4, -0.2) is 23.0 Å². The van der Waals surface area contributed by atoms with Gasteiger partial charge in [-0.05, 0) is 42.0 Å². The van der Waals surface area contributed by atoms with E-state index in [1.54, 1.807) is 19.4 Å². The summed E-state index contributed by atoms with van der Waals surface area (Å²) in [6, 6.07) is 24.3. The van der Waals surface area contributed by atoms with Gasteiger partial charge < -0.3 is 4.74 Å². The van der Waals surface area contributed by atoms with Crippen LogP contribution in [0, 0.1) is 0 Å². The van der Waals surface area contributed by atoms with Crippen molar-refractivity contribution in [3.63, 3.8) is 0 Å². The quantitative estimate of drug-likeness (QED) is 0.521. The van der Waals surface area contributed by atoms with Gasteiger partial charge in [0.25, 0.3) is 5.56 Å². The Hall–Kier alpha value is -3.73. The minimum absolute atomic E-state index is 0.204. The van der Waals surface area contributed by atoms with Crippen molar-refractivity contribution in [1.29, 1.82) is 0 Å². The zero-order chi connectivity index (χ0) is 18.6. The number of methoxy groups -OCH3 is 1. The molecular formula is C22H17N3O2. The van der Waals surface area contributed by atoms with Crippen molar-refractivity contribution in [3.05, 3.63) is 94.8 Å². The molecule has 5 heteroatoms. The van der Waals surface area contributed by atoms with E-state index in [4.69, 9.17) is 4.74 Å². The van der Waals surface area contributed by atoms with Gasteiger partial charge in [0.15, 0.2) is 5.82 Å². The van der Waals surface area contributed by atoms with Crippen LogP contribution in [0.5, 0.6) is 5.75 Å². The SMILES string of the molecule is COc1ccc(/C=N/n2c(-c3ccccc3)nc3ccccc3c2=O)cc1. The molecule has 1 heterocycles. The fourth-order valence-corrected chi connectivity index (χ4v) is 2.82. The van der Waals surface area contributed by atoms with Crippen molar-refractivity contribution in [2.45, 2.75) is 0 Å². The van der Waals surface area contributed by atoms with E-state index >= 15 is 0 Å². The molecule has 0 N–H and O–H groups in total. The first-order valence-corrected chi connectivity index (χ1v) is 8.52. The third-order valence-corrected chi connectivity index (χ3v) is 4.22. The number of ether oxygens (including phenoxy) is 1. The van der Waals surface area contributed by atoms with Crippen LogP contribution in [-0.2, 0) is 0 Å². The summed E-state index contributed by atoms with van der Waals surface area (Å²) in [6.45, 7) is 0. The number of rotatable bonds is 4. The highest BCUT2D eigenvalue weighted by Crippen LogP contribution is 2.18. The number of para-hydroxylation sites is 1. The van der Waals surface area contributed by atoms with Crippen LogP contribution in [0.2, 0.25) is 0 Å². The van der Waals surface area contributed by atoms with Gasteiger partial charge in [0, 0.05) is 5.56 Å². The van der Waals surface area contributed by atoms with E-state index < -0.39 is 0 Å². The van der Waals surface area contributed by atoms with Crippen molar-refractivity contribution >= 4 is 17.1 Å². The molecule has 0 aliphatic rings. The molecule has 0 spiro atoms. The molecule has 0 saturated carbocycles. The molecule has 4 rings (SSSR count). The number of fused-ring (bicyclic) bond motifs is 1. The molecule has 0 fully saturated rings. The minimum atomic E-state index is -0.204. The Kier molecular flexibility index (Phi) is 4.49. The first-order valence-electron chi connectivity index (χ1n) is 8.52. The number of benzene rings is 3. The van der Waals surface area contributed by atoms with Crippen molar-refractivity contribution in [2.75, 3.05) is 7.11 Å². The lowest BCUT2D eigenvalue weighted by Gasteiger charge is -2.09. The monoisotopic (exact) mass is 355 g/mol. The summed E-state index contributed by atoms with van der Waals surface area (Å²) < 4.78 is 6.52. The van der Waals surface area contributed by atoms with E-state index in [0.29, 0.717) is 16.7 Å². The Labute approximate surface area is 156 Å². The molecule has 1 aromatic heterocycles. The summed E-state index contributed by atoms with van der Waals surface area (Å²) in [5, 5.41) is 4.97. The fraction of sp³-hybridized carbons (Fsp3) is 0.0455. The lowest BCUT2D eigenvalue weighted by atomic mass is 10.2. The average Bonchev–Trinajstić information content (AvgIpc) is 2.74. The van der Waals surface area contributed by atoms with E-state index in [-0.39, 0.29) is 5.56 Å². The standard InChI is InChI=1S/C22H17N3O2/c1-27-18-13-11-16(12-14-18)15-23-25-21(17-7-3-2-4-8-17)24-20-10-6-5-9-19(20)22(25)26/h2-15H,1H3/b23-15+. The Bertz CT molecular complexity index is 1160. The van der Waals surface area contributed by atoms with Gasteiger partial charge in [0.2, 0.25) is 0 Å². The van der Waals surface area contributed by atoms with E-state index in [9.17, 15) is 4.79 Å². The molecule has 4 aromatic rings. The Morgan fingerprint density at radius 2 is 1.63 bits per heavy atom. The second-order valence-electron chi connectivity index (χ2n) is 5.95. The molecule has 0 unspecified atom stereocenters. The van der Waals surface area contributed by atoms with Crippen LogP contribution in [0.1, 0.15) is 5.56 Å². The lowest BCUT2D eigenvalue weighted by Crippen LogP contribution is -2.20. The molecule has 0 amide bonds. The second-order valence-corrected chi connectivity index (χ2v) is 5.95. The van der Waals surface area contributed by atoms with Crippen molar-refractivity contribution < 1.29 is 4.74 Å². The molecule has 0 saturated heterocycles. The predicted molar refractivity (Wildman–Crippen MR) is 107 cm³/mol. The van der Waals surface area contributed by atoms with Crippen molar-refractivity contribution in [2.24, 2.45) is 5.10 Å². The van der Waals surface area contributed by atoms with Crippen LogP contribution in [0.15, 0.2) is 88.8 Å². The molecule has 132 valence electrons. The van der Waals surface area contributed by atoms with Crippen LogP contribution in [0.3, 0.4) is 0 Å². The summed E-state index contributed by atoms with van der Waals surface area (Å²) >= 11 is 0. The first kappa shape index (κ1) is 16.7. The highest BCUT2D eigenvalue weighted by Gasteiger charge is 2.11. The third kappa shape index (κ3) is 3.35. The zero-order valence-corrected chi connectivity index (χ0v) is 14.7. The van der Waals surface area contributed by atoms with Gasteiger partial charge in [-0.3, -0.25) is 4.79 Å². The van der Waals surface area contributed by atoms with Crippen molar-refractivity contribution in [3.8, 4) is 17.1 Å². The van der Waals surface area contributed by atoms with Gasteiger partial charge >= 0.3 is 0 Å². The number of hydrogen-bond acceptors (Lipinski definition) is 4. The molecule has 0 bridgehead atoms. The largest absolute Gasteiger partial charge is 0.497 e.